The molecule has 13 atom stereocenters. The molecule has 9 heteroatoms. The average molecular weight is 675 g/mol. The zero-order chi connectivity index (χ0) is 34.7. The largest absolute Gasteiger partial charge is 0.446 e. The van der Waals surface area contributed by atoms with Gasteiger partial charge in [-0.1, -0.05) is 34.6 Å². The van der Waals surface area contributed by atoms with Crippen LogP contribution in [0.1, 0.15) is 107 Å². The Kier molecular flexibility index (Phi) is 8.69. The maximum atomic E-state index is 13.0. The minimum atomic E-state index is -1.03. The van der Waals surface area contributed by atoms with Gasteiger partial charge in [0, 0.05) is 50.7 Å². The minimum Gasteiger partial charge on any atom is -0.446 e. The summed E-state index contributed by atoms with van der Waals surface area (Å²) >= 11 is 0. The molecule has 0 radical (unpaired) electrons. The van der Waals surface area contributed by atoms with Crippen LogP contribution in [-0.4, -0.2) is 103 Å². The molecule has 1 amide bonds. The van der Waals surface area contributed by atoms with E-state index in [-0.39, 0.29) is 57.4 Å². The number of hydrogen-bond donors (Lipinski definition) is 3. The van der Waals surface area contributed by atoms with E-state index in [1.165, 1.54) is 12.8 Å². The van der Waals surface area contributed by atoms with Crippen molar-refractivity contribution in [3.8, 4) is 0 Å². The smallest absolute Gasteiger partial charge is 0.407 e. The Bertz CT molecular complexity index is 1230. The number of carbonyl (C=O) groups excluding carboxylic acids is 1. The number of ether oxygens (including phenoxy) is 4. The number of fused-ring (bicyclic) bond motifs is 4. The van der Waals surface area contributed by atoms with Crippen molar-refractivity contribution in [2.24, 2.45) is 50.7 Å². The second-order valence-corrected chi connectivity index (χ2v) is 19.0. The monoisotopic (exact) mass is 674 g/mol. The highest BCUT2D eigenvalue weighted by Gasteiger charge is 2.84. The van der Waals surface area contributed by atoms with Gasteiger partial charge in [-0.25, -0.2) is 4.79 Å². The lowest BCUT2D eigenvalue weighted by Gasteiger charge is -2.63. The normalized spacial score (nSPS) is 48.6. The molecule has 0 aromatic rings. The number of nitrogens with zero attached hydrogens (tertiary/aromatic N) is 1. The molecule has 2 aliphatic heterocycles. The molecule has 5 saturated carbocycles. The topological polar surface area (TPSA) is 110 Å². The lowest BCUT2D eigenvalue weighted by molar-refractivity contribution is -0.215. The van der Waals surface area contributed by atoms with Crippen molar-refractivity contribution in [1.29, 1.82) is 0 Å². The molecule has 0 bridgehead atoms. The van der Waals surface area contributed by atoms with Crippen LogP contribution < -0.4 is 5.32 Å². The van der Waals surface area contributed by atoms with Gasteiger partial charge in [0.15, 0.2) is 0 Å². The summed E-state index contributed by atoms with van der Waals surface area (Å²) < 4.78 is 24.6. The van der Waals surface area contributed by atoms with E-state index >= 15 is 0 Å². The molecule has 7 fully saturated rings. The molecule has 274 valence electrons. The van der Waals surface area contributed by atoms with Gasteiger partial charge in [0.05, 0.1) is 30.0 Å². The van der Waals surface area contributed by atoms with Gasteiger partial charge >= 0.3 is 6.09 Å². The Morgan fingerprint density at radius 1 is 1.06 bits per heavy atom. The molecular weight excluding hydrogens is 608 g/mol. The third-order valence-corrected chi connectivity index (χ3v) is 16.3. The van der Waals surface area contributed by atoms with E-state index < -0.39 is 17.8 Å². The van der Waals surface area contributed by atoms with Crippen LogP contribution in [0.4, 0.5) is 4.79 Å². The Morgan fingerprint density at radius 3 is 2.42 bits per heavy atom. The van der Waals surface area contributed by atoms with E-state index in [2.05, 4.69) is 44.8 Å². The molecular formula is C39H66N2O7. The lowest BCUT2D eigenvalue weighted by atomic mass is 9.41. The number of rotatable bonds is 9. The van der Waals surface area contributed by atoms with Gasteiger partial charge in [-0.15, -0.1) is 0 Å². The molecule has 48 heavy (non-hydrogen) atoms. The van der Waals surface area contributed by atoms with Gasteiger partial charge in [-0.3, -0.25) is 4.90 Å². The third-order valence-electron chi connectivity index (χ3n) is 16.3. The summed E-state index contributed by atoms with van der Waals surface area (Å²) in [6.45, 7) is 21.4. The van der Waals surface area contributed by atoms with Crippen molar-refractivity contribution in [2.75, 3.05) is 39.9 Å². The van der Waals surface area contributed by atoms with Gasteiger partial charge in [-0.05, 0) is 112 Å². The first-order valence-electron chi connectivity index (χ1n) is 19.4. The number of nitrogens with one attached hydrogen (secondary N) is 1. The number of methoxy groups -OCH3 is 1. The maximum absolute atomic E-state index is 13.0. The Balaban J connectivity index is 1.06. The highest BCUT2D eigenvalue weighted by Crippen LogP contribution is 2.89. The number of likely N-dealkylation sites (tertiary alicyclic amines) is 1. The molecule has 7 aliphatic rings. The summed E-state index contributed by atoms with van der Waals surface area (Å²) in [4.78, 5) is 15.3. The summed E-state index contributed by atoms with van der Waals surface area (Å²) in [5.74, 6) is 1.60. The minimum absolute atomic E-state index is 0.0156. The van der Waals surface area contributed by atoms with Gasteiger partial charge in [-0.2, -0.15) is 0 Å². The zero-order valence-corrected chi connectivity index (χ0v) is 31.3. The predicted molar refractivity (Wildman–Crippen MR) is 183 cm³/mol. The van der Waals surface area contributed by atoms with Crippen molar-refractivity contribution in [1.82, 2.24) is 10.2 Å². The fourth-order valence-electron chi connectivity index (χ4n) is 14.0. The maximum Gasteiger partial charge on any atom is 0.407 e. The number of aliphatic hydroxyl groups is 2. The van der Waals surface area contributed by atoms with E-state index in [9.17, 15) is 15.0 Å². The molecule has 5 aliphatic carbocycles. The van der Waals surface area contributed by atoms with Crippen molar-refractivity contribution in [2.45, 2.75) is 149 Å². The standard InChI is InChI=1S/C39H66N2O7/c1-10-46-32(35(5,6)44)25-19-23(2)29-30(47-25)31(42)37(8)27-12-11-26-34(3,4)28(48-33(43)40-17-18-41-20-24(21-41)45-9)13-14-38(26)22-39(27,38)16-15-36(29,37)7/h23-32,42,44H,10-22H2,1-9H3,(H,40,43)/t23-,25?,26+,27?,28+,29+,30?,31+,32+,36-,37-,38-,39+/m1/s1. The molecule has 0 aromatic heterocycles. The zero-order valence-electron chi connectivity index (χ0n) is 31.3. The first-order valence-corrected chi connectivity index (χ1v) is 19.4. The summed E-state index contributed by atoms with van der Waals surface area (Å²) in [6, 6.07) is 0. The lowest BCUT2D eigenvalue weighted by Crippen LogP contribution is -2.60. The van der Waals surface area contributed by atoms with Crippen LogP contribution in [0.25, 0.3) is 0 Å². The van der Waals surface area contributed by atoms with Gasteiger partial charge in [0.2, 0.25) is 0 Å². The number of hydrogen-bond acceptors (Lipinski definition) is 8. The first-order chi connectivity index (χ1) is 22.5. The first kappa shape index (κ1) is 35.4. The Morgan fingerprint density at radius 2 is 1.75 bits per heavy atom. The molecule has 3 N–H and O–H groups in total. The van der Waals surface area contributed by atoms with E-state index in [0.29, 0.717) is 37.0 Å². The van der Waals surface area contributed by atoms with Crippen LogP contribution >= 0.6 is 0 Å². The van der Waals surface area contributed by atoms with Gasteiger partial charge < -0.3 is 34.5 Å². The number of aliphatic hydroxyl groups excluding tert-OH is 1. The average Bonchev–Trinajstić information content (AvgIpc) is 3.62. The second kappa shape index (κ2) is 11.8. The van der Waals surface area contributed by atoms with Crippen LogP contribution in [0.15, 0.2) is 0 Å². The van der Waals surface area contributed by atoms with E-state index in [1.54, 1.807) is 7.11 Å². The summed E-state index contributed by atoms with van der Waals surface area (Å²) in [5, 5.41) is 26.6. The summed E-state index contributed by atoms with van der Waals surface area (Å²) in [6.07, 6.45) is 7.14. The van der Waals surface area contributed by atoms with Crippen molar-refractivity contribution in [3.05, 3.63) is 0 Å². The number of carbonyl (C=O) groups is 1. The summed E-state index contributed by atoms with van der Waals surface area (Å²) in [5.41, 5.74) is -0.890. The molecule has 0 aromatic carbocycles. The van der Waals surface area contributed by atoms with Crippen LogP contribution in [0.5, 0.6) is 0 Å². The molecule has 2 heterocycles. The summed E-state index contributed by atoms with van der Waals surface area (Å²) in [7, 11) is 1.75. The number of alkyl carbamates (subject to hydrolysis) is 1. The molecule has 9 nitrogen and oxygen atoms in total. The highest BCUT2D eigenvalue weighted by molar-refractivity contribution is 5.67. The Hall–Kier alpha value is -0.970. The van der Waals surface area contributed by atoms with Gasteiger partial charge in [0.25, 0.3) is 0 Å². The fraction of sp³-hybridized carbons (Fsp3) is 0.974. The van der Waals surface area contributed by atoms with Gasteiger partial charge in [0.1, 0.15) is 12.2 Å². The van der Waals surface area contributed by atoms with E-state index in [1.807, 2.05) is 20.8 Å². The SMILES string of the molecule is CCO[C@@H](C1C[C@@H](C)[C@H]2C(O1)[C@H](O)[C@@]1(C)C3CC[C@H]4C(C)(C)[C@@H](OC(=O)NCCN5CC(OC)C5)CC[C@@]45C[C@@]35CC[C@]21C)C(C)(C)O. The number of amides is 1. The fourth-order valence-corrected chi connectivity index (χ4v) is 14.0. The van der Waals surface area contributed by atoms with Crippen LogP contribution in [0, 0.1) is 50.7 Å². The molecule has 2 saturated heterocycles. The van der Waals surface area contributed by atoms with Crippen molar-refractivity contribution >= 4 is 6.09 Å². The molecule has 3 unspecified atom stereocenters. The Labute approximate surface area is 289 Å². The molecule has 7 rings (SSSR count). The third kappa shape index (κ3) is 4.86. The van der Waals surface area contributed by atoms with Crippen LogP contribution in [0.3, 0.4) is 0 Å². The van der Waals surface area contributed by atoms with E-state index in [0.717, 1.165) is 58.2 Å². The van der Waals surface area contributed by atoms with Crippen LogP contribution in [0.2, 0.25) is 0 Å². The second-order valence-electron chi connectivity index (χ2n) is 19.0. The van der Waals surface area contributed by atoms with Crippen molar-refractivity contribution in [3.63, 3.8) is 0 Å². The molecule has 2 spiro atoms. The highest BCUT2D eigenvalue weighted by atomic mass is 16.6. The van der Waals surface area contributed by atoms with Crippen molar-refractivity contribution < 1.29 is 34.0 Å². The quantitative estimate of drug-likeness (QED) is 0.299. The van der Waals surface area contributed by atoms with Crippen LogP contribution in [-0.2, 0) is 18.9 Å². The predicted octanol–water partition coefficient (Wildman–Crippen LogP) is 5.40. The van der Waals surface area contributed by atoms with E-state index in [4.69, 9.17) is 18.9 Å².